The SMILES string of the molecule is Cc1cc(C(=O)Nc2cc3nc(-c4ccc(NC(=O)c5ccccc5)cc4)[nH]c3cn2)ccc1O. The molecule has 0 unspecified atom stereocenters. The van der Waals surface area contributed by atoms with E-state index in [0.29, 0.717) is 39.5 Å². The van der Waals surface area contributed by atoms with Crippen molar-refractivity contribution in [2.24, 2.45) is 0 Å². The lowest BCUT2D eigenvalue weighted by Gasteiger charge is -2.06. The number of fused-ring (bicyclic) bond motifs is 1. The Morgan fingerprint density at radius 1 is 0.857 bits per heavy atom. The Morgan fingerprint density at radius 2 is 1.60 bits per heavy atom. The third-order valence-electron chi connectivity index (χ3n) is 5.52. The second-order valence-electron chi connectivity index (χ2n) is 8.02. The maximum absolute atomic E-state index is 12.5. The molecule has 4 N–H and O–H groups in total. The van der Waals surface area contributed by atoms with Crippen molar-refractivity contribution in [1.29, 1.82) is 0 Å². The summed E-state index contributed by atoms with van der Waals surface area (Å²) in [7, 11) is 0. The maximum atomic E-state index is 12.5. The molecule has 0 saturated carbocycles. The van der Waals surface area contributed by atoms with Crippen LogP contribution in [0.3, 0.4) is 0 Å². The highest BCUT2D eigenvalue weighted by Crippen LogP contribution is 2.24. The molecule has 0 bridgehead atoms. The van der Waals surface area contributed by atoms with E-state index >= 15 is 0 Å². The molecule has 8 nitrogen and oxygen atoms in total. The molecule has 0 aliphatic rings. The van der Waals surface area contributed by atoms with Gasteiger partial charge < -0.3 is 20.7 Å². The van der Waals surface area contributed by atoms with Gasteiger partial charge in [-0.3, -0.25) is 9.59 Å². The minimum absolute atomic E-state index is 0.136. The Hall–Kier alpha value is -4.98. The van der Waals surface area contributed by atoms with E-state index in [1.165, 1.54) is 6.07 Å². The number of nitrogens with one attached hydrogen (secondary N) is 3. The molecule has 3 aromatic carbocycles. The summed E-state index contributed by atoms with van der Waals surface area (Å²) in [5, 5.41) is 15.3. The predicted octanol–water partition coefficient (Wildman–Crippen LogP) is 5.14. The highest BCUT2D eigenvalue weighted by Gasteiger charge is 2.12. The van der Waals surface area contributed by atoms with Crippen LogP contribution in [-0.4, -0.2) is 31.9 Å². The third kappa shape index (κ3) is 4.72. The summed E-state index contributed by atoms with van der Waals surface area (Å²) in [6, 6.07) is 22.7. The van der Waals surface area contributed by atoms with Crippen LogP contribution in [0.1, 0.15) is 26.3 Å². The van der Waals surface area contributed by atoms with E-state index in [1.807, 2.05) is 42.5 Å². The maximum Gasteiger partial charge on any atom is 0.256 e. The van der Waals surface area contributed by atoms with Crippen molar-refractivity contribution in [3.63, 3.8) is 0 Å². The fourth-order valence-corrected chi connectivity index (χ4v) is 3.60. The highest BCUT2D eigenvalue weighted by molar-refractivity contribution is 6.05. The number of anilines is 2. The van der Waals surface area contributed by atoms with Gasteiger partial charge in [0.1, 0.15) is 17.4 Å². The molecular formula is C27H21N5O3. The molecule has 2 aromatic heterocycles. The molecule has 5 aromatic rings. The van der Waals surface area contributed by atoms with Crippen molar-refractivity contribution < 1.29 is 14.7 Å². The normalized spacial score (nSPS) is 10.8. The van der Waals surface area contributed by atoms with Crippen LogP contribution in [0, 0.1) is 6.92 Å². The molecule has 172 valence electrons. The first-order valence-corrected chi connectivity index (χ1v) is 10.9. The Morgan fingerprint density at radius 3 is 2.34 bits per heavy atom. The molecule has 0 spiro atoms. The zero-order chi connectivity index (χ0) is 24.4. The zero-order valence-electron chi connectivity index (χ0n) is 18.7. The Labute approximate surface area is 200 Å². The summed E-state index contributed by atoms with van der Waals surface area (Å²) >= 11 is 0. The van der Waals surface area contributed by atoms with Gasteiger partial charge >= 0.3 is 0 Å². The van der Waals surface area contributed by atoms with E-state index in [1.54, 1.807) is 43.5 Å². The van der Waals surface area contributed by atoms with Gasteiger partial charge in [0, 0.05) is 28.4 Å². The fraction of sp³-hybridized carbons (Fsp3) is 0.0370. The van der Waals surface area contributed by atoms with E-state index in [2.05, 4.69) is 25.6 Å². The molecule has 5 rings (SSSR count). The van der Waals surface area contributed by atoms with E-state index in [0.717, 1.165) is 11.1 Å². The van der Waals surface area contributed by atoms with E-state index in [-0.39, 0.29) is 17.6 Å². The lowest BCUT2D eigenvalue weighted by atomic mass is 10.1. The minimum Gasteiger partial charge on any atom is -0.508 e. The Kier molecular flexibility index (Phi) is 5.68. The molecule has 0 saturated heterocycles. The smallest absolute Gasteiger partial charge is 0.256 e. The number of hydrogen-bond donors (Lipinski definition) is 4. The number of nitrogens with zero attached hydrogens (tertiary/aromatic N) is 2. The van der Waals surface area contributed by atoms with Crippen molar-refractivity contribution in [3.8, 4) is 17.1 Å². The number of pyridine rings is 1. The van der Waals surface area contributed by atoms with Gasteiger partial charge in [0.2, 0.25) is 0 Å². The van der Waals surface area contributed by atoms with E-state index in [9.17, 15) is 14.7 Å². The Balaban J connectivity index is 1.31. The second kappa shape index (κ2) is 9.11. The van der Waals surface area contributed by atoms with Crippen LogP contribution >= 0.6 is 0 Å². The molecule has 0 atom stereocenters. The van der Waals surface area contributed by atoms with Crippen LogP contribution in [0.25, 0.3) is 22.4 Å². The highest BCUT2D eigenvalue weighted by atomic mass is 16.3. The van der Waals surface area contributed by atoms with Gasteiger partial charge in [-0.1, -0.05) is 18.2 Å². The van der Waals surface area contributed by atoms with Crippen LogP contribution in [-0.2, 0) is 0 Å². The number of aromatic hydroxyl groups is 1. The number of phenols is 1. The molecular weight excluding hydrogens is 442 g/mol. The zero-order valence-corrected chi connectivity index (χ0v) is 18.7. The fourth-order valence-electron chi connectivity index (χ4n) is 3.60. The van der Waals surface area contributed by atoms with Gasteiger partial charge in [-0.05, 0) is 67.1 Å². The van der Waals surface area contributed by atoms with Crippen molar-refractivity contribution in [2.75, 3.05) is 10.6 Å². The number of hydrogen-bond acceptors (Lipinski definition) is 5. The number of carbonyl (C=O) groups excluding carboxylic acids is 2. The summed E-state index contributed by atoms with van der Waals surface area (Å²) in [6.07, 6.45) is 1.61. The molecule has 0 radical (unpaired) electrons. The number of carbonyl (C=O) groups is 2. The average molecular weight is 463 g/mol. The van der Waals surface area contributed by atoms with Crippen LogP contribution in [0.15, 0.2) is 85.1 Å². The van der Waals surface area contributed by atoms with Crippen molar-refractivity contribution >= 4 is 34.4 Å². The first-order valence-electron chi connectivity index (χ1n) is 10.9. The summed E-state index contributed by atoms with van der Waals surface area (Å²) in [5.41, 5.74) is 4.50. The molecule has 0 fully saturated rings. The van der Waals surface area contributed by atoms with Gasteiger partial charge in [-0.15, -0.1) is 0 Å². The van der Waals surface area contributed by atoms with Gasteiger partial charge in [0.25, 0.3) is 11.8 Å². The number of H-pyrrole nitrogens is 1. The number of aromatic nitrogens is 3. The summed E-state index contributed by atoms with van der Waals surface area (Å²) in [5.74, 6) is 0.636. The number of amides is 2. The lowest BCUT2D eigenvalue weighted by Crippen LogP contribution is -2.12. The Bertz CT molecular complexity index is 1540. The number of benzene rings is 3. The predicted molar refractivity (Wildman–Crippen MR) is 135 cm³/mol. The molecule has 35 heavy (non-hydrogen) atoms. The first kappa shape index (κ1) is 21.8. The van der Waals surface area contributed by atoms with E-state index < -0.39 is 0 Å². The third-order valence-corrected chi connectivity index (χ3v) is 5.52. The lowest BCUT2D eigenvalue weighted by molar-refractivity contribution is 0.101. The number of aromatic amines is 1. The van der Waals surface area contributed by atoms with Crippen molar-refractivity contribution in [2.45, 2.75) is 6.92 Å². The first-order chi connectivity index (χ1) is 17.0. The number of phenolic OH excluding ortho intramolecular Hbond substituents is 1. The van der Waals surface area contributed by atoms with Crippen LogP contribution in [0.5, 0.6) is 5.75 Å². The molecule has 0 aliphatic carbocycles. The van der Waals surface area contributed by atoms with E-state index in [4.69, 9.17) is 0 Å². The summed E-state index contributed by atoms with van der Waals surface area (Å²) < 4.78 is 0. The topological polar surface area (TPSA) is 120 Å². The molecule has 8 heteroatoms. The minimum atomic E-state index is -0.330. The van der Waals surface area contributed by atoms with Crippen molar-refractivity contribution in [1.82, 2.24) is 15.0 Å². The largest absolute Gasteiger partial charge is 0.508 e. The van der Waals surface area contributed by atoms with Gasteiger partial charge in [-0.25, -0.2) is 9.97 Å². The molecule has 2 amide bonds. The van der Waals surface area contributed by atoms with Crippen LogP contribution in [0.2, 0.25) is 0 Å². The van der Waals surface area contributed by atoms with Gasteiger partial charge in [-0.2, -0.15) is 0 Å². The van der Waals surface area contributed by atoms with Gasteiger partial charge in [0.05, 0.1) is 17.2 Å². The monoisotopic (exact) mass is 463 g/mol. The van der Waals surface area contributed by atoms with Crippen LogP contribution in [0.4, 0.5) is 11.5 Å². The molecule has 2 heterocycles. The summed E-state index contributed by atoms with van der Waals surface area (Å²) in [4.78, 5) is 37.0. The summed E-state index contributed by atoms with van der Waals surface area (Å²) in [6.45, 7) is 1.73. The van der Waals surface area contributed by atoms with Gasteiger partial charge in [0.15, 0.2) is 0 Å². The molecule has 0 aliphatic heterocycles. The van der Waals surface area contributed by atoms with Crippen molar-refractivity contribution in [3.05, 3.63) is 102 Å². The standard InChI is InChI=1S/C27H21N5O3/c1-16-13-19(9-12-23(16)33)27(35)32-24-14-21-22(15-28-24)31-25(30-21)17-7-10-20(11-8-17)29-26(34)18-5-3-2-4-6-18/h2-15,33H,1H3,(H,29,34)(H,30,31)(H,28,32,35). The number of imidazole rings is 1. The second-order valence-corrected chi connectivity index (χ2v) is 8.02. The quantitative estimate of drug-likeness (QED) is 0.288. The van der Waals surface area contributed by atoms with Crippen LogP contribution < -0.4 is 10.6 Å². The average Bonchev–Trinajstić information content (AvgIpc) is 3.30. The number of rotatable bonds is 5. The number of aryl methyl sites for hydroxylation is 1.